The molecule has 0 amide bonds. The van der Waals surface area contributed by atoms with E-state index in [1.807, 2.05) is 0 Å². The highest BCUT2D eigenvalue weighted by Crippen LogP contribution is 2.20. The van der Waals surface area contributed by atoms with Crippen LogP contribution in [0.4, 0.5) is 5.69 Å². The normalized spacial score (nSPS) is 16.2. The molecule has 0 bridgehead atoms. The lowest BCUT2D eigenvalue weighted by atomic mass is 10.0. The summed E-state index contributed by atoms with van der Waals surface area (Å²) in [6.07, 6.45) is 0. The first-order chi connectivity index (χ1) is 7.66. The number of benzene rings is 1. The lowest BCUT2D eigenvalue weighted by molar-refractivity contribution is 0.353. The molecule has 2 rings (SSSR count). The van der Waals surface area contributed by atoms with E-state index in [1.165, 1.54) is 24.3 Å². The molecule has 1 aliphatic rings. The van der Waals surface area contributed by atoms with E-state index >= 15 is 0 Å². The molecule has 1 aliphatic heterocycles. The van der Waals surface area contributed by atoms with Crippen molar-refractivity contribution in [3.05, 3.63) is 29.8 Å². The van der Waals surface area contributed by atoms with Gasteiger partial charge in [-0.15, -0.1) is 0 Å². The summed E-state index contributed by atoms with van der Waals surface area (Å²) in [7, 11) is 2.18. The van der Waals surface area contributed by atoms with Crippen LogP contribution in [0.1, 0.15) is 25.3 Å². The topological polar surface area (TPSA) is 15.3 Å². The van der Waals surface area contributed by atoms with Gasteiger partial charge in [0, 0.05) is 38.3 Å². The number of rotatable bonds is 4. The fourth-order valence-electron chi connectivity index (χ4n) is 2.08. The van der Waals surface area contributed by atoms with Gasteiger partial charge in [-0.3, -0.25) is 0 Å². The molecule has 0 atom stereocenters. The summed E-state index contributed by atoms with van der Waals surface area (Å²) in [6.45, 7) is 7.98. The van der Waals surface area contributed by atoms with Gasteiger partial charge in [0.2, 0.25) is 0 Å². The van der Waals surface area contributed by atoms with Crippen LogP contribution in [0, 0.1) is 5.92 Å². The molecule has 16 heavy (non-hydrogen) atoms. The van der Waals surface area contributed by atoms with Crippen LogP contribution >= 0.6 is 0 Å². The fraction of sp³-hybridized carbons (Fsp3) is 0.571. The van der Waals surface area contributed by atoms with E-state index in [-0.39, 0.29) is 0 Å². The van der Waals surface area contributed by atoms with Gasteiger partial charge in [-0.2, -0.15) is 0 Å². The number of nitrogens with one attached hydrogen (secondary N) is 1. The number of anilines is 1. The predicted molar refractivity (Wildman–Crippen MR) is 70.2 cm³/mol. The molecule has 0 radical (unpaired) electrons. The van der Waals surface area contributed by atoms with E-state index in [9.17, 15) is 0 Å². The average molecular weight is 218 g/mol. The minimum atomic E-state index is 0.621. The molecule has 2 heteroatoms. The largest absolute Gasteiger partial charge is 0.374 e. The van der Waals surface area contributed by atoms with Crippen LogP contribution in [0.2, 0.25) is 0 Å². The SMILES string of the molecule is CC(C)c1ccc(N(C)CC2CNC2)cc1. The lowest BCUT2D eigenvalue weighted by Gasteiger charge is -2.32. The molecule has 1 fully saturated rings. The van der Waals surface area contributed by atoms with E-state index in [0.717, 1.165) is 12.5 Å². The fourth-order valence-corrected chi connectivity index (χ4v) is 2.08. The minimum Gasteiger partial charge on any atom is -0.374 e. The summed E-state index contributed by atoms with van der Waals surface area (Å²) in [5.41, 5.74) is 2.75. The summed E-state index contributed by atoms with van der Waals surface area (Å²) >= 11 is 0. The van der Waals surface area contributed by atoms with Crippen LogP contribution in [0.5, 0.6) is 0 Å². The molecule has 1 aromatic carbocycles. The number of hydrogen-bond acceptors (Lipinski definition) is 2. The van der Waals surface area contributed by atoms with E-state index < -0.39 is 0 Å². The monoisotopic (exact) mass is 218 g/mol. The molecular weight excluding hydrogens is 196 g/mol. The van der Waals surface area contributed by atoms with Crippen molar-refractivity contribution in [2.75, 3.05) is 31.6 Å². The second kappa shape index (κ2) is 4.88. The Labute approximate surface area is 98.7 Å². The summed E-state index contributed by atoms with van der Waals surface area (Å²) in [4.78, 5) is 2.36. The van der Waals surface area contributed by atoms with Crippen LogP contribution in [-0.2, 0) is 0 Å². The van der Waals surface area contributed by atoms with Gasteiger partial charge in [0.25, 0.3) is 0 Å². The van der Waals surface area contributed by atoms with E-state index in [4.69, 9.17) is 0 Å². The zero-order chi connectivity index (χ0) is 11.5. The van der Waals surface area contributed by atoms with Crippen molar-refractivity contribution in [1.29, 1.82) is 0 Å². The Balaban J connectivity index is 1.97. The van der Waals surface area contributed by atoms with Crippen LogP contribution in [0.3, 0.4) is 0 Å². The quantitative estimate of drug-likeness (QED) is 0.835. The van der Waals surface area contributed by atoms with Gasteiger partial charge in [-0.05, 0) is 23.6 Å². The lowest BCUT2D eigenvalue weighted by Crippen LogP contribution is -2.47. The van der Waals surface area contributed by atoms with Crippen molar-refractivity contribution >= 4 is 5.69 Å². The van der Waals surface area contributed by atoms with E-state index in [1.54, 1.807) is 0 Å². The van der Waals surface area contributed by atoms with Crippen LogP contribution in [0.25, 0.3) is 0 Å². The third kappa shape index (κ3) is 2.56. The highest BCUT2D eigenvalue weighted by atomic mass is 15.1. The van der Waals surface area contributed by atoms with Gasteiger partial charge in [-0.1, -0.05) is 26.0 Å². The Morgan fingerprint density at radius 1 is 1.25 bits per heavy atom. The maximum absolute atomic E-state index is 3.32. The predicted octanol–water partition coefficient (Wildman–Crippen LogP) is 2.47. The third-order valence-corrected chi connectivity index (χ3v) is 3.40. The molecule has 1 N–H and O–H groups in total. The first kappa shape index (κ1) is 11.5. The highest BCUT2D eigenvalue weighted by molar-refractivity contribution is 5.47. The van der Waals surface area contributed by atoms with Crippen molar-refractivity contribution in [3.63, 3.8) is 0 Å². The van der Waals surface area contributed by atoms with Crippen molar-refractivity contribution in [3.8, 4) is 0 Å². The summed E-state index contributed by atoms with van der Waals surface area (Å²) in [5, 5.41) is 3.32. The van der Waals surface area contributed by atoms with Crippen molar-refractivity contribution in [2.45, 2.75) is 19.8 Å². The molecule has 0 aliphatic carbocycles. The molecule has 1 saturated heterocycles. The standard InChI is InChI=1S/C14H22N2/c1-11(2)13-4-6-14(7-5-13)16(3)10-12-8-15-9-12/h4-7,11-12,15H,8-10H2,1-3H3. The second-order valence-corrected chi connectivity index (χ2v) is 5.15. The van der Waals surface area contributed by atoms with Gasteiger partial charge in [0.15, 0.2) is 0 Å². The van der Waals surface area contributed by atoms with Gasteiger partial charge in [0.1, 0.15) is 0 Å². The Hall–Kier alpha value is -1.02. The molecule has 0 unspecified atom stereocenters. The second-order valence-electron chi connectivity index (χ2n) is 5.15. The zero-order valence-electron chi connectivity index (χ0n) is 10.5. The van der Waals surface area contributed by atoms with E-state index in [0.29, 0.717) is 5.92 Å². The molecule has 2 nitrogen and oxygen atoms in total. The highest BCUT2D eigenvalue weighted by Gasteiger charge is 2.18. The Morgan fingerprint density at radius 2 is 1.88 bits per heavy atom. The van der Waals surface area contributed by atoms with Gasteiger partial charge < -0.3 is 10.2 Å². The van der Waals surface area contributed by atoms with Crippen molar-refractivity contribution in [2.24, 2.45) is 5.92 Å². The summed E-state index contributed by atoms with van der Waals surface area (Å²) in [5.74, 6) is 1.45. The average Bonchev–Trinajstić information content (AvgIpc) is 2.23. The Morgan fingerprint density at radius 3 is 2.31 bits per heavy atom. The molecule has 0 aromatic heterocycles. The molecular formula is C14H22N2. The molecule has 0 saturated carbocycles. The first-order valence-corrected chi connectivity index (χ1v) is 6.18. The zero-order valence-corrected chi connectivity index (χ0v) is 10.5. The van der Waals surface area contributed by atoms with Gasteiger partial charge in [0.05, 0.1) is 0 Å². The minimum absolute atomic E-state index is 0.621. The maximum atomic E-state index is 3.32. The van der Waals surface area contributed by atoms with Crippen LogP contribution in [-0.4, -0.2) is 26.7 Å². The van der Waals surface area contributed by atoms with E-state index in [2.05, 4.69) is 55.4 Å². The summed E-state index contributed by atoms with van der Waals surface area (Å²) in [6, 6.07) is 8.97. The number of hydrogen-bond donors (Lipinski definition) is 1. The molecule has 1 heterocycles. The Bertz CT molecular complexity index is 325. The van der Waals surface area contributed by atoms with Crippen molar-refractivity contribution < 1.29 is 0 Å². The van der Waals surface area contributed by atoms with Gasteiger partial charge >= 0.3 is 0 Å². The van der Waals surface area contributed by atoms with Crippen LogP contribution in [0.15, 0.2) is 24.3 Å². The molecule has 0 spiro atoms. The maximum Gasteiger partial charge on any atom is 0.0363 e. The van der Waals surface area contributed by atoms with Crippen LogP contribution < -0.4 is 10.2 Å². The molecule has 1 aromatic rings. The first-order valence-electron chi connectivity index (χ1n) is 6.18. The van der Waals surface area contributed by atoms with Crippen molar-refractivity contribution in [1.82, 2.24) is 5.32 Å². The number of nitrogens with zero attached hydrogens (tertiary/aromatic N) is 1. The molecule has 88 valence electrons. The Kier molecular flexibility index (Phi) is 3.49. The van der Waals surface area contributed by atoms with Gasteiger partial charge in [-0.25, -0.2) is 0 Å². The smallest absolute Gasteiger partial charge is 0.0363 e. The summed E-state index contributed by atoms with van der Waals surface area (Å²) < 4.78 is 0. The third-order valence-electron chi connectivity index (χ3n) is 3.40.